The van der Waals surface area contributed by atoms with Crippen molar-refractivity contribution in [2.24, 2.45) is 5.73 Å². The minimum absolute atomic E-state index is 0.0738. The van der Waals surface area contributed by atoms with Gasteiger partial charge in [-0.3, -0.25) is 5.41 Å². The average Bonchev–Trinajstić information content (AvgIpc) is 2.67. The normalized spacial score (nSPS) is 10.8. The van der Waals surface area contributed by atoms with Crippen LogP contribution in [-0.4, -0.2) is 28.9 Å². The van der Waals surface area contributed by atoms with Crippen molar-refractivity contribution >= 4 is 16.9 Å². The first-order valence-electron chi connectivity index (χ1n) is 6.06. The SMILES string of the molecule is N=C(N)NCCc1cn(CCF)c2ccc(O)cc12. The first-order chi connectivity index (χ1) is 9.11. The summed E-state index contributed by atoms with van der Waals surface area (Å²) in [7, 11) is 0. The minimum Gasteiger partial charge on any atom is -0.508 e. The molecule has 102 valence electrons. The van der Waals surface area contributed by atoms with Crippen LogP contribution in [0.4, 0.5) is 4.39 Å². The van der Waals surface area contributed by atoms with E-state index in [1.54, 1.807) is 18.2 Å². The zero-order valence-corrected chi connectivity index (χ0v) is 10.5. The number of nitrogens with two attached hydrogens (primary N) is 1. The van der Waals surface area contributed by atoms with Crippen LogP contribution in [0, 0.1) is 5.41 Å². The van der Waals surface area contributed by atoms with E-state index in [-0.39, 0.29) is 11.7 Å². The predicted octanol–water partition coefficient (Wildman–Crippen LogP) is 1.34. The lowest BCUT2D eigenvalue weighted by molar-refractivity contribution is 0.450. The van der Waals surface area contributed by atoms with Crippen LogP contribution < -0.4 is 11.1 Å². The molecule has 2 aromatic rings. The quantitative estimate of drug-likeness (QED) is 0.485. The number of nitrogens with zero attached hydrogens (tertiary/aromatic N) is 1. The van der Waals surface area contributed by atoms with Gasteiger partial charge in [-0.1, -0.05) is 0 Å². The van der Waals surface area contributed by atoms with E-state index in [1.807, 2.05) is 10.8 Å². The number of phenolic OH excluding ortho intramolecular Hbond substituents is 1. The monoisotopic (exact) mass is 264 g/mol. The smallest absolute Gasteiger partial charge is 0.185 e. The van der Waals surface area contributed by atoms with Crippen LogP contribution in [0.25, 0.3) is 10.9 Å². The number of halogens is 1. The van der Waals surface area contributed by atoms with Crippen molar-refractivity contribution in [3.05, 3.63) is 30.0 Å². The topological polar surface area (TPSA) is 87.1 Å². The Balaban J connectivity index is 2.30. The molecule has 1 heterocycles. The molecule has 0 saturated carbocycles. The third-order valence-electron chi connectivity index (χ3n) is 2.98. The number of benzene rings is 1. The third kappa shape index (κ3) is 2.96. The molecule has 6 heteroatoms. The van der Waals surface area contributed by atoms with Crippen molar-refractivity contribution in [2.45, 2.75) is 13.0 Å². The van der Waals surface area contributed by atoms with E-state index in [1.165, 1.54) is 0 Å². The maximum absolute atomic E-state index is 12.5. The van der Waals surface area contributed by atoms with Crippen LogP contribution in [0.5, 0.6) is 5.75 Å². The Bertz CT molecular complexity index is 594. The van der Waals surface area contributed by atoms with Gasteiger partial charge in [0, 0.05) is 23.6 Å². The predicted molar refractivity (Wildman–Crippen MR) is 73.2 cm³/mol. The minimum atomic E-state index is -0.435. The van der Waals surface area contributed by atoms with Crippen LogP contribution >= 0.6 is 0 Å². The van der Waals surface area contributed by atoms with Crippen LogP contribution in [-0.2, 0) is 13.0 Å². The van der Waals surface area contributed by atoms with Crippen molar-refractivity contribution in [1.29, 1.82) is 5.41 Å². The summed E-state index contributed by atoms with van der Waals surface area (Å²) in [5.41, 5.74) is 7.11. The Morgan fingerprint density at radius 2 is 2.26 bits per heavy atom. The maximum atomic E-state index is 12.5. The second-order valence-electron chi connectivity index (χ2n) is 4.33. The highest BCUT2D eigenvalue weighted by molar-refractivity contribution is 5.85. The van der Waals surface area contributed by atoms with E-state index in [0.717, 1.165) is 16.5 Å². The largest absolute Gasteiger partial charge is 0.508 e. The highest BCUT2D eigenvalue weighted by Gasteiger charge is 2.09. The van der Waals surface area contributed by atoms with Gasteiger partial charge >= 0.3 is 0 Å². The molecule has 5 nitrogen and oxygen atoms in total. The van der Waals surface area contributed by atoms with E-state index in [9.17, 15) is 9.50 Å². The van der Waals surface area contributed by atoms with Gasteiger partial charge in [-0.15, -0.1) is 0 Å². The van der Waals surface area contributed by atoms with Gasteiger partial charge in [-0.05, 0) is 30.2 Å². The van der Waals surface area contributed by atoms with Crippen molar-refractivity contribution in [2.75, 3.05) is 13.2 Å². The van der Waals surface area contributed by atoms with Crippen molar-refractivity contribution in [1.82, 2.24) is 9.88 Å². The number of hydrogen-bond acceptors (Lipinski definition) is 2. The molecule has 0 saturated heterocycles. The number of aromatic hydroxyl groups is 1. The zero-order valence-electron chi connectivity index (χ0n) is 10.5. The van der Waals surface area contributed by atoms with Crippen LogP contribution in [0.3, 0.4) is 0 Å². The number of hydrogen-bond donors (Lipinski definition) is 4. The number of phenols is 1. The van der Waals surface area contributed by atoms with Crippen LogP contribution in [0.1, 0.15) is 5.56 Å². The molecule has 5 N–H and O–H groups in total. The summed E-state index contributed by atoms with van der Waals surface area (Å²) in [4.78, 5) is 0. The molecule has 0 aliphatic heterocycles. The number of alkyl halides is 1. The van der Waals surface area contributed by atoms with E-state index in [2.05, 4.69) is 5.32 Å². The molecule has 0 atom stereocenters. The van der Waals surface area contributed by atoms with Gasteiger partial charge in [-0.2, -0.15) is 0 Å². The molecule has 0 aliphatic carbocycles. The molecular weight excluding hydrogens is 247 g/mol. The molecule has 0 radical (unpaired) electrons. The average molecular weight is 264 g/mol. The number of aryl methyl sites for hydroxylation is 1. The highest BCUT2D eigenvalue weighted by Crippen LogP contribution is 2.25. The maximum Gasteiger partial charge on any atom is 0.185 e. The summed E-state index contributed by atoms with van der Waals surface area (Å²) in [6.45, 7) is 0.386. The fraction of sp³-hybridized carbons (Fsp3) is 0.308. The lowest BCUT2D eigenvalue weighted by Crippen LogP contribution is -2.31. The second-order valence-corrected chi connectivity index (χ2v) is 4.33. The molecule has 0 fully saturated rings. The van der Waals surface area contributed by atoms with Crippen LogP contribution in [0.2, 0.25) is 0 Å². The van der Waals surface area contributed by atoms with Gasteiger partial charge in [0.2, 0.25) is 0 Å². The third-order valence-corrected chi connectivity index (χ3v) is 2.98. The zero-order chi connectivity index (χ0) is 13.8. The Hall–Kier alpha value is -2.24. The standard InChI is InChI=1S/C13H17FN4O/c14-4-6-18-8-9(3-5-17-13(15)16)11-7-10(19)1-2-12(11)18/h1-2,7-8,19H,3-6H2,(H4,15,16,17). The van der Waals surface area contributed by atoms with Crippen molar-refractivity contribution in [3.8, 4) is 5.75 Å². The second kappa shape index (κ2) is 5.60. The van der Waals surface area contributed by atoms with Gasteiger partial charge in [0.25, 0.3) is 0 Å². The van der Waals surface area contributed by atoms with Gasteiger partial charge < -0.3 is 20.7 Å². The number of guanidine groups is 1. The summed E-state index contributed by atoms with van der Waals surface area (Å²) >= 11 is 0. The van der Waals surface area contributed by atoms with E-state index in [4.69, 9.17) is 11.1 Å². The lowest BCUT2D eigenvalue weighted by Gasteiger charge is -2.02. The van der Waals surface area contributed by atoms with Gasteiger partial charge in [0.1, 0.15) is 12.4 Å². The fourth-order valence-corrected chi connectivity index (χ4v) is 2.17. The van der Waals surface area contributed by atoms with Crippen molar-refractivity contribution < 1.29 is 9.50 Å². The van der Waals surface area contributed by atoms with E-state index >= 15 is 0 Å². The summed E-state index contributed by atoms with van der Waals surface area (Å²) < 4.78 is 14.4. The van der Waals surface area contributed by atoms with Gasteiger partial charge in [0.15, 0.2) is 5.96 Å². The van der Waals surface area contributed by atoms with Gasteiger partial charge in [0.05, 0.1) is 6.54 Å². The van der Waals surface area contributed by atoms with E-state index < -0.39 is 6.67 Å². The van der Waals surface area contributed by atoms with Gasteiger partial charge in [-0.25, -0.2) is 4.39 Å². The molecule has 0 bridgehead atoms. The molecular formula is C13H17FN4O. The lowest BCUT2D eigenvalue weighted by atomic mass is 10.1. The Morgan fingerprint density at radius 3 is 2.95 bits per heavy atom. The molecule has 0 unspecified atom stereocenters. The van der Waals surface area contributed by atoms with Crippen molar-refractivity contribution in [3.63, 3.8) is 0 Å². The Kier molecular flexibility index (Phi) is 3.89. The molecule has 0 aliphatic rings. The number of nitrogens with one attached hydrogen (secondary N) is 2. The first kappa shape index (κ1) is 13.2. The fourth-order valence-electron chi connectivity index (χ4n) is 2.17. The Morgan fingerprint density at radius 1 is 1.47 bits per heavy atom. The molecule has 19 heavy (non-hydrogen) atoms. The molecule has 0 amide bonds. The number of rotatable bonds is 5. The summed E-state index contributed by atoms with van der Waals surface area (Å²) in [5.74, 6) is 0.113. The number of aromatic nitrogens is 1. The first-order valence-corrected chi connectivity index (χ1v) is 6.06. The summed E-state index contributed by atoms with van der Waals surface area (Å²) in [6.07, 6.45) is 2.53. The van der Waals surface area contributed by atoms with Crippen LogP contribution in [0.15, 0.2) is 24.4 Å². The Labute approximate surface area is 110 Å². The highest BCUT2D eigenvalue weighted by atomic mass is 19.1. The molecule has 1 aromatic carbocycles. The van der Waals surface area contributed by atoms with E-state index in [0.29, 0.717) is 19.5 Å². The molecule has 0 spiro atoms. The molecule has 1 aromatic heterocycles. The summed E-state index contributed by atoms with van der Waals surface area (Å²) in [6, 6.07) is 5.05. The summed E-state index contributed by atoms with van der Waals surface area (Å²) in [5, 5.41) is 20.3. The number of fused-ring (bicyclic) bond motifs is 1. The molecule has 2 rings (SSSR count).